The van der Waals surface area contributed by atoms with Gasteiger partial charge in [0.2, 0.25) is 0 Å². The Morgan fingerprint density at radius 3 is 2.50 bits per heavy atom. The summed E-state index contributed by atoms with van der Waals surface area (Å²) in [6.07, 6.45) is 3.65. The van der Waals surface area contributed by atoms with Crippen molar-refractivity contribution >= 4 is 11.8 Å². The molecule has 2 heterocycles. The number of pyridine rings is 1. The second-order valence-electron chi connectivity index (χ2n) is 6.31. The zero-order chi connectivity index (χ0) is 16.7. The molecule has 0 radical (unpaired) electrons. The topological polar surface area (TPSA) is 34.1 Å². The molecule has 2 unspecified atom stereocenters. The van der Waals surface area contributed by atoms with Crippen LogP contribution < -0.4 is 10.1 Å². The fraction of sp³-hybridized carbons (Fsp3) is 0.389. The molecule has 0 bridgehead atoms. The molecule has 0 spiro atoms. The van der Waals surface area contributed by atoms with Gasteiger partial charge in [-0.2, -0.15) is 0 Å². The fourth-order valence-corrected chi connectivity index (χ4v) is 3.85. The van der Waals surface area contributed by atoms with Gasteiger partial charge in [-0.3, -0.25) is 4.98 Å². The van der Waals surface area contributed by atoms with E-state index in [1.54, 1.807) is 24.0 Å². The summed E-state index contributed by atoms with van der Waals surface area (Å²) in [5.41, 5.74) is 0.956. The summed E-state index contributed by atoms with van der Waals surface area (Å²) in [7, 11) is 0. The van der Waals surface area contributed by atoms with Gasteiger partial charge in [-0.15, -0.1) is 11.8 Å². The van der Waals surface area contributed by atoms with E-state index in [-0.39, 0.29) is 5.75 Å². The Morgan fingerprint density at radius 2 is 1.92 bits per heavy atom. The van der Waals surface area contributed by atoms with Crippen LogP contribution in [-0.2, 0) is 0 Å². The molecular weight excluding hydrogens is 330 g/mol. The first-order chi connectivity index (χ1) is 11.7. The molecule has 2 aliphatic rings. The van der Waals surface area contributed by atoms with Crippen LogP contribution >= 0.6 is 11.8 Å². The second kappa shape index (κ2) is 6.33. The zero-order valence-corrected chi connectivity index (χ0v) is 14.1. The van der Waals surface area contributed by atoms with Gasteiger partial charge >= 0.3 is 0 Å². The maximum absolute atomic E-state index is 14.3. The minimum Gasteiger partial charge on any atom is -0.487 e. The number of ether oxygens (including phenoxy) is 1. The molecule has 2 fully saturated rings. The van der Waals surface area contributed by atoms with Gasteiger partial charge < -0.3 is 10.1 Å². The van der Waals surface area contributed by atoms with Crippen LogP contribution in [0.25, 0.3) is 11.3 Å². The highest BCUT2D eigenvalue weighted by molar-refractivity contribution is 7.98. The number of aromatic nitrogens is 1. The Labute approximate surface area is 143 Å². The number of piperidine rings is 1. The van der Waals surface area contributed by atoms with Crippen molar-refractivity contribution < 1.29 is 13.5 Å². The molecular formula is C18H18F2N2OS. The highest BCUT2D eigenvalue weighted by Gasteiger charge is 2.53. The quantitative estimate of drug-likeness (QED) is 0.838. The number of fused-ring (bicyclic) bond motifs is 1. The third-order valence-corrected chi connectivity index (χ3v) is 5.67. The maximum atomic E-state index is 14.3. The predicted molar refractivity (Wildman–Crippen MR) is 90.2 cm³/mol. The SMILES string of the molecule is CSc1ccc(-c2cc(F)c(OCC3C4CNCC43)c(F)c2)nc1. The Bertz CT molecular complexity index is 720. The standard InChI is InChI=1S/C18H18F2N2OS/c1-24-11-2-3-17(22-6-11)10-4-15(19)18(16(20)5-10)23-9-14-12-7-21-8-13(12)14/h2-6,12-14,21H,7-9H2,1H3. The molecule has 3 nitrogen and oxygen atoms in total. The minimum atomic E-state index is -0.676. The van der Waals surface area contributed by atoms with E-state index in [0.29, 0.717) is 35.6 Å². The lowest BCUT2D eigenvalue weighted by Crippen LogP contribution is -2.18. The van der Waals surface area contributed by atoms with Crippen LogP contribution in [0.2, 0.25) is 0 Å². The van der Waals surface area contributed by atoms with E-state index < -0.39 is 11.6 Å². The number of nitrogens with zero attached hydrogens (tertiary/aromatic N) is 1. The van der Waals surface area contributed by atoms with Crippen LogP contribution in [0.4, 0.5) is 8.78 Å². The summed E-state index contributed by atoms with van der Waals surface area (Å²) < 4.78 is 34.0. The molecule has 4 rings (SSSR count). The van der Waals surface area contributed by atoms with Crippen molar-refractivity contribution in [2.24, 2.45) is 17.8 Å². The van der Waals surface area contributed by atoms with Crippen molar-refractivity contribution in [1.29, 1.82) is 0 Å². The summed E-state index contributed by atoms with van der Waals surface area (Å²) in [5, 5.41) is 3.29. The van der Waals surface area contributed by atoms with Gasteiger partial charge in [0.25, 0.3) is 0 Å². The van der Waals surface area contributed by atoms with Crippen LogP contribution in [0.15, 0.2) is 35.4 Å². The monoisotopic (exact) mass is 348 g/mol. The van der Waals surface area contributed by atoms with Crippen molar-refractivity contribution in [1.82, 2.24) is 10.3 Å². The smallest absolute Gasteiger partial charge is 0.190 e. The van der Waals surface area contributed by atoms with Crippen molar-refractivity contribution in [3.05, 3.63) is 42.1 Å². The zero-order valence-electron chi connectivity index (χ0n) is 13.3. The van der Waals surface area contributed by atoms with Crippen molar-refractivity contribution in [3.8, 4) is 17.0 Å². The van der Waals surface area contributed by atoms with Gasteiger partial charge in [0, 0.05) is 22.6 Å². The number of rotatable bonds is 5. The molecule has 6 heteroatoms. The van der Waals surface area contributed by atoms with Crippen LogP contribution in [0.1, 0.15) is 0 Å². The number of thioether (sulfide) groups is 1. The molecule has 0 amide bonds. The van der Waals surface area contributed by atoms with Gasteiger partial charge in [-0.05, 0) is 55.4 Å². The van der Waals surface area contributed by atoms with Gasteiger partial charge in [0.1, 0.15) is 0 Å². The number of hydrogen-bond acceptors (Lipinski definition) is 4. The van der Waals surface area contributed by atoms with E-state index in [9.17, 15) is 8.78 Å². The van der Waals surface area contributed by atoms with Crippen LogP contribution in [0.5, 0.6) is 5.75 Å². The van der Waals surface area contributed by atoms with Crippen LogP contribution in [-0.4, -0.2) is 30.9 Å². The first-order valence-electron chi connectivity index (χ1n) is 8.00. The Kier molecular flexibility index (Phi) is 4.18. The van der Waals surface area contributed by atoms with Crippen molar-refractivity contribution in [3.63, 3.8) is 0 Å². The first-order valence-corrected chi connectivity index (χ1v) is 9.23. The molecule has 24 heavy (non-hydrogen) atoms. The summed E-state index contributed by atoms with van der Waals surface area (Å²) >= 11 is 1.57. The van der Waals surface area contributed by atoms with E-state index >= 15 is 0 Å². The number of halogens is 2. The first kappa shape index (κ1) is 15.8. The summed E-state index contributed by atoms with van der Waals surface area (Å²) in [5.74, 6) is 0.00124. The van der Waals surface area contributed by atoms with Gasteiger partial charge in [-0.1, -0.05) is 0 Å². The predicted octanol–water partition coefficient (Wildman–Crippen LogP) is 3.59. The average molecular weight is 348 g/mol. The Balaban J connectivity index is 1.49. The normalized spacial score (nSPS) is 24.7. The molecule has 2 aromatic rings. The van der Waals surface area contributed by atoms with Crippen LogP contribution in [0.3, 0.4) is 0 Å². The summed E-state index contributed by atoms with van der Waals surface area (Å²) in [6, 6.07) is 6.22. The van der Waals surface area contributed by atoms with E-state index in [0.717, 1.165) is 18.0 Å². The minimum absolute atomic E-state index is 0.280. The lowest BCUT2D eigenvalue weighted by molar-refractivity contribution is 0.255. The molecule has 1 aliphatic heterocycles. The third-order valence-electron chi connectivity index (χ3n) is 4.96. The van der Waals surface area contributed by atoms with Crippen molar-refractivity contribution in [2.75, 3.05) is 26.0 Å². The van der Waals surface area contributed by atoms with E-state index in [1.165, 1.54) is 12.1 Å². The number of benzene rings is 1. The van der Waals surface area contributed by atoms with Gasteiger partial charge in [-0.25, -0.2) is 8.78 Å². The lowest BCUT2D eigenvalue weighted by Gasteiger charge is -2.11. The number of nitrogens with one attached hydrogen (secondary N) is 1. The highest BCUT2D eigenvalue weighted by atomic mass is 32.2. The summed E-state index contributed by atoms with van der Waals surface area (Å²) in [4.78, 5) is 5.26. The molecule has 1 aliphatic carbocycles. The average Bonchev–Trinajstić information content (AvgIpc) is 3.02. The van der Waals surface area contributed by atoms with Gasteiger partial charge in [0.05, 0.1) is 12.3 Å². The third kappa shape index (κ3) is 2.89. The van der Waals surface area contributed by atoms with E-state index in [2.05, 4.69) is 10.3 Å². The van der Waals surface area contributed by atoms with E-state index in [4.69, 9.17) is 4.74 Å². The number of hydrogen-bond donors (Lipinski definition) is 1. The Morgan fingerprint density at radius 1 is 1.21 bits per heavy atom. The summed E-state index contributed by atoms with van der Waals surface area (Å²) in [6.45, 7) is 2.35. The Hall–Kier alpha value is -1.66. The molecule has 1 N–H and O–H groups in total. The lowest BCUT2D eigenvalue weighted by atomic mass is 10.1. The van der Waals surface area contributed by atoms with Crippen molar-refractivity contribution in [2.45, 2.75) is 4.90 Å². The second-order valence-corrected chi connectivity index (χ2v) is 7.19. The highest BCUT2D eigenvalue weighted by Crippen LogP contribution is 2.48. The molecule has 1 aromatic carbocycles. The molecule has 1 saturated heterocycles. The molecule has 1 saturated carbocycles. The molecule has 1 aromatic heterocycles. The molecule has 126 valence electrons. The maximum Gasteiger partial charge on any atom is 0.190 e. The fourth-order valence-electron chi connectivity index (χ4n) is 3.49. The van der Waals surface area contributed by atoms with E-state index in [1.807, 2.05) is 12.3 Å². The van der Waals surface area contributed by atoms with Crippen LogP contribution in [0, 0.1) is 29.4 Å². The largest absolute Gasteiger partial charge is 0.487 e. The molecule has 2 atom stereocenters. The van der Waals surface area contributed by atoms with Gasteiger partial charge in [0.15, 0.2) is 17.4 Å².